The van der Waals surface area contributed by atoms with Crippen LogP contribution in [0.4, 0.5) is 0 Å². The lowest BCUT2D eigenvalue weighted by atomic mass is 9.84. The first-order valence-corrected chi connectivity index (χ1v) is 3.48. The van der Waals surface area contributed by atoms with Gasteiger partial charge in [0.05, 0.1) is 5.41 Å². The van der Waals surface area contributed by atoms with Gasteiger partial charge in [0.25, 0.3) is 0 Å². The van der Waals surface area contributed by atoms with Crippen LogP contribution >= 0.6 is 0 Å². The van der Waals surface area contributed by atoms with Crippen molar-refractivity contribution < 1.29 is 9.90 Å². The first-order chi connectivity index (χ1) is 4.57. The first kappa shape index (κ1) is 7.32. The highest BCUT2D eigenvalue weighted by molar-refractivity contribution is 5.78. The van der Waals surface area contributed by atoms with Crippen LogP contribution in [0.15, 0.2) is 11.6 Å². The van der Waals surface area contributed by atoms with Crippen LogP contribution in [0.5, 0.6) is 0 Å². The van der Waals surface area contributed by atoms with Gasteiger partial charge in [-0.25, -0.2) is 0 Å². The van der Waals surface area contributed by atoms with Gasteiger partial charge in [0.2, 0.25) is 0 Å². The normalized spacial score (nSPS) is 32.0. The van der Waals surface area contributed by atoms with Crippen molar-refractivity contribution in [2.45, 2.75) is 26.7 Å². The summed E-state index contributed by atoms with van der Waals surface area (Å²) in [7, 11) is 0. The van der Waals surface area contributed by atoms with Crippen LogP contribution in [0.1, 0.15) is 26.7 Å². The molecule has 0 aromatic rings. The minimum Gasteiger partial charge on any atom is -0.481 e. The zero-order valence-electron chi connectivity index (χ0n) is 6.35. The second kappa shape index (κ2) is 2.11. The van der Waals surface area contributed by atoms with Crippen molar-refractivity contribution in [1.29, 1.82) is 0 Å². The van der Waals surface area contributed by atoms with E-state index in [4.69, 9.17) is 5.11 Å². The maximum atomic E-state index is 10.7. The molecule has 1 N–H and O–H groups in total. The smallest absolute Gasteiger partial charge is 0.313 e. The molecule has 2 heteroatoms. The number of carboxylic acid groups (broad SMARTS) is 1. The summed E-state index contributed by atoms with van der Waals surface area (Å²) in [6.07, 6.45) is 3.68. The molecule has 56 valence electrons. The van der Waals surface area contributed by atoms with Crippen LogP contribution in [0.25, 0.3) is 0 Å². The summed E-state index contributed by atoms with van der Waals surface area (Å²) in [5.74, 6) is -0.696. The minimum atomic E-state index is -0.696. The van der Waals surface area contributed by atoms with Gasteiger partial charge in [0.1, 0.15) is 0 Å². The van der Waals surface area contributed by atoms with Crippen LogP contribution in [0.3, 0.4) is 0 Å². The monoisotopic (exact) mass is 140 g/mol. The van der Waals surface area contributed by atoms with Gasteiger partial charge in [-0.1, -0.05) is 11.6 Å². The summed E-state index contributed by atoms with van der Waals surface area (Å²) in [6, 6.07) is 0. The van der Waals surface area contributed by atoms with Gasteiger partial charge in [-0.15, -0.1) is 0 Å². The average molecular weight is 140 g/mol. The SMILES string of the molecule is CC1=CCC[C@]1(C)C(=O)O. The lowest BCUT2D eigenvalue weighted by molar-refractivity contribution is -0.145. The average Bonchev–Trinajstić information content (AvgIpc) is 2.15. The summed E-state index contributed by atoms with van der Waals surface area (Å²) in [5.41, 5.74) is 0.431. The molecule has 0 spiro atoms. The fraction of sp³-hybridized carbons (Fsp3) is 0.625. The van der Waals surface area contributed by atoms with E-state index in [0.29, 0.717) is 0 Å². The molecular formula is C8H12O2. The highest BCUT2D eigenvalue weighted by Gasteiger charge is 2.37. The Kier molecular flexibility index (Phi) is 1.55. The molecule has 10 heavy (non-hydrogen) atoms. The van der Waals surface area contributed by atoms with Crippen molar-refractivity contribution in [2.24, 2.45) is 5.41 Å². The Morgan fingerprint density at radius 1 is 1.80 bits per heavy atom. The van der Waals surface area contributed by atoms with Crippen molar-refractivity contribution in [3.63, 3.8) is 0 Å². The molecule has 0 aromatic carbocycles. The molecule has 0 heterocycles. The first-order valence-electron chi connectivity index (χ1n) is 3.48. The van der Waals surface area contributed by atoms with Crippen LogP contribution in [-0.2, 0) is 4.79 Å². The van der Waals surface area contributed by atoms with E-state index < -0.39 is 11.4 Å². The van der Waals surface area contributed by atoms with Gasteiger partial charge >= 0.3 is 5.97 Å². The maximum Gasteiger partial charge on any atom is 0.313 e. The van der Waals surface area contributed by atoms with Gasteiger partial charge in [-0.2, -0.15) is 0 Å². The number of aliphatic carboxylic acids is 1. The second-order valence-electron chi connectivity index (χ2n) is 3.06. The molecule has 0 fully saturated rings. The molecule has 2 nitrogen and oxygen atoms in total. The molecule has 0 bridgehead atoms. The number of carbonyl (C=O) groups is 1. The topological polar surface area (TPSA) is 37.3 Å². The Morgan fingerprint density at radius 3 is 2.60 bits per heavy atom. The van der Waals surface area contributed by atoms with E-state index in [9.17, 15) is 4.79 Å². The molecule has 0 unspecified atom stereocenters. The molecule has 0 aliphatic heterocycles. The third-order valence-corrected chi connectivity index (χ3v) is 2.44. The Morgan fingerprint density at radius 2 is 2.40 bits per heavy atom. The molecule has 1 rings (SSSR count). The molecule has 1 atom stereocenters. The highest BCUT2D eigenvalue weighted by Crippen LogP contribution is 2.38. The van der Waals surface area contributed by atoms with Crippen LogP contribution in [-0.4, -0.2) is 11.1 Å². The molecule has 0 aromatic heterocycles. The van der Waals surface area contributed by atoms with Crippen molar-refractivity contribution in [2.75, 3.05) is 0 Å². The van der Waals surface area contributed by atoms with E-state index in [1.165, 1.54) is 0 Å². The summed E-state index contributed by atoms with van der Waals surface area (Å²) < 4.78 is 0. The second-order valence-corrected chi connectivity index (χ2v) is 3.06. The molecule has 0 saturated carbocycles. The highest BCUT2D eigenvalue weighted by atomic mass is 16.4. The van der Waals surface area contributed by atoms with E-state index in [-0.39, 0.29) is 0 Å². The van der Waals surface area contributed by atoms with Crippen molar-refractivity contribution in [3.05, 3.63) is 11.6 Å². The van der Waals surface area contributed by atoms with Crippen molar-refractivity contribution >= 4 is 5.97 Å². The number of rotatable bonds is 1. The van der Waals surface area contributed by atoms with Crippen LogP contribution in [0, 0.1) is 5.41 Å². The summed E-state index contributed by atoms with van der Waals surface area (Å²) in [4.78, 5) is 10.7. The molecule has 0 amide bonds. The van der Waals surface area contributed by atoms with E-state index in [2.05, 4.69) is 0 Å². The third kappa shape index (κ3) is 0.838. The lowest BCUT2D eigenvalue weighted by Gasteiger charge is -2.19. The number of hydrogen-bond donors (Lipinski definition) is 1. The molecule has 0 saturated heterocycles. The summed E-state index contributed by atoms with van der Waals surface area (Å²) in [6.45, 7) is 3.68. The Labute approximate surface area is 60.6 Å². The van der Waals surface area contributed by atoms with Gasteiger partial charge in [-0.3, -0.25) is 4.79 Å². The van der Waals surface area contributed by atoms with Crippen LogP contribution in [0.2, 0.25) is 0 Å². The molecular weight excluding hydrogens is 128 g/mol. The predicted octanol–water partition coefficient (Wildman–Crippen LogP) is 1.82. The fourth-order valence-electron chi connectivity index (χ4n) is 1.28. The molecule has 1 aliphatic carbocycles. The molecule has 0 radical (unpaired) electrons. The Balaban J connectivity index is 2.89. The third-order valence-electron chi connectivity index (χ3n) is 2.44. The number of hydrogen-bond acceptors (Lipinski definition) is 1. The van der Waals surface area contributed by atoms with Crippen molar-refractivity contribution in [3.8, 4) is 0 Å². The molecule has 1 aliphatic rings. The van der Waals surface area contributed by atoms with Gasteiger partial charge < -0.3 is 5.11 Å². The quantitative estimate of drug-likeness (QED) is 0.564. The minimum absolute atomic E-state index is 0.569. The van der Waals surface area contributed by atoms with Crippen LogP contribution < -0.4 is 0 Å². The van der Waals surface area contributed by atoms with Gasteiger partial charge in [0.15, 0.2) is 0 Å². The predicted molar refractivity (Wildman–Crippen MR) is 38.7 cm³/mol. The lowest BCUT2D eigenvalue weighted by Crippen LogP contribution is -2.25. The van der Waals surface area contributed by atoms with E-state index in [1.54, 1.807) is 6.92 Å². The van der Waals surface area contributed by atoms with Gasteiger partial charge in [-0.05, 0) is 26.7 Å². The zero-order chi connectivity index (χ0) is 7.78. The standard InChI is InChI=1S/C8H12O2/c1-6-4-3-5-8(6,2)7(9)10/h4H,3,5H2,1-2H3,(H,9,10)/t8-/m0/s1. The van der Waals surface area contributed by atoms with Crippen molar-refractivity contribution in [1.82, 2.24) is 0 Å². The van der Waals surface area contributed by atoms with E-state index in [0.717, 1.165) is 18.4 Å². The van der Waals surface area contributed by atoms with E-state index >= 15 is 0 Å². The maximum absolute atomic E-state index is 10.7. The number of carboxylic acids is 1. The largest absolute Gasteiger partial charge is 0.481 e. The summed E-state index contributed by atoms with van der Waals surface area (Å²) >= 11 is 0. The zero-order valence-corrected chi connectivity index (χ0v) is 6.35. The number of allylic oxidation sites excluding steroid dienone is 1. The fourth-order valence-corrected chi connectivity index (χ4v) is 1.28. The summed E-state index contributed by atoms with van der Waals surface area (Å²) in [5, 5.41) is 8.80. The Bertz CT molecular complexity index is 193. The van der Waals surface area contributed by atoms with E-state index in [1.807, 2.05) is 13.0 Å². The Hall–Kier alpha value is -0.790. The van der Waals surface area contributed by atoms with Gasteiger partial charge in [0, 0.05) is 0 Å².